The molecule has 0 bridgehead atoms. The lowest BCUT2D eigenvalue weighted by molar-refractivity contribution is 0.0695. The van der Waals surface area contributed by atoms with Crippen LogP contribution in [-0.4, -0.2) is 49.0 Å². The van der Waals surface area contributed by atoms with Crippen molar-refractivity contribution in [1.29, 1.82) is 0 Å². The smallest absolute Gasteiger partial charge is 0.363 e. The van der Waals surface area contributed by atoms with Gasteiger partial charge in [0, 0.05) is 25.7 Å². The van der Waals surface area contributed by atoms with E-state index in [1.54, 1.807) is 17.9 Å². The summed E-state index contributed by atoms with van der Waals surface area (Å²) in [6.45, 7) is 2.81. The van der Waals surface area contributed by atoms with Gasteiger partial charge in [0.05, 0.1) is 11.6 Å². The van der Waals surface area contributed by atoms with Gasteiger partial charge in [-0.05, 0) is 65.6 Å². The van der Waals surface area contributed by atoms with Gasteiger partial charge in [-0.15, -0.1) is 0 Å². The molecule has 1 aliphatic heterocycles. The summed E-state index contributed by atoms with van der Waals surface area (Å²) in [5, 5.41) is 17.6. The quantitative estimate of drug-likeness (QED) is 0.155. The Kier molecular flexibility index (Phi) is 6.95. The van der Waals surface area contributed by atoms with Crippen molar-refractivity contribution in [3.63, 3.8) is 0 Å². The monoisotopic (exact) mass is 636 g/mol. The molecule has 47 heavy (non-hydrogen) atoms. The van der Waals surface area contributed by atoms with Gasteiger partial charge < -0.3 is 26.4 Å². The molecule has 0 fully saturated rings. The lowest BCUT2D eigenvalue weighted by Gasteiger charge is -2.32. The average Bonchev–Trinajstić information content (AvgIpc) is 3.65. The number of aromatic nitrogens is 4. The Bertz CT molecular complexity index is 2300. The number of carboxylic acid groups (broad SMARTS) is 1. The fourth-order valence-corrected chi connectivity index (χ4v) is 6.56. The molecule has 2 aromatic heterocycles. The zero-order chi connectivity index (χ0) is 33.1. The van der Waals surface area contributed by atoms with Crippen LogP contribution in [0.3, 0.4) is 0 Å². The van der Waals surface area contributed by atoms with E-state index in [-0.39, 0.29) is 40.6 Å². The first-order valence-electron chi connectivity index (χ1n) is 14.9. The molecule has 1 atom stereocenters. The average molecular weight is 637 g/mol. The molecule has 3 aromatic carbocycles. The second kappa shape index (κ2) is 11.0. The van der Waals surface area contributed by atoms with Gasteiger partial charge in [0.25, 0.3) is 28.4 Å². The molecule has 6 N–H and O–H groups in total. The van der Waals surface area contributed by atoms with Crippen LogP contribution in [0.25, 0.3) is 5.78 Å². The Balaban J connectivity index is 1.09. The molecule has 238 valence electrons. The minimum absolute atomic E-state index is 0.0175. The number of fused-ring (bicyclic) bond motifs is 3. The molecule has 1 aliphatic carbocycles. The fraction of sp³-hybridized carbons (Fsp3) is 0.250. The summed E-state index contributed by atoms with van der Waals surface area (Å²) in [6, 6.07) is 9.81. The van der Waals surface area contributed by atoms with Gasteiger partial charge in [-0.2, -0.15) is 4.98 Å². The number of hydrogen-bond acceptors (Lipinski definition) is 10. The van der Waals surface area contributed by atoms with Gasteiger partial charge in [-0.25, -0.2) is 24.2 Å². The molecule has 0 spiro atoms. The van der Waals surface area contributed by atoms with Gasteiger partial charge in [-0.3, -0.25) is 19.2 Å². The minimum Gasteiger partial charge on any atom is -0.478 e. The van der Waals surface area contributed by atoms with E-state index in [2.05, 4.69) is 25.7 Å². The number of H-pyrrole nitrogens is 1. The predicted molar refractivity (Wildman–Crippen MR) is 168 cm³/mol. The largest absolute Gasteiger partial charge is 0.478 e. The van der Waals surface area contributed by atoms with Crippen LogP contribution in [0.15, 0.2) is 50.8 Å². The Morgan fingerprint density at radius 3 is 2.60 bits per heavy atom. The van der Waals surface area contributed by atoms with E-state index in [0.29, 0.717) is 37.9 Å². The molecule has 15 nitrogen and oxygen atoms in total. The van der Waals surface area contributed by atoms with Crippen molar-refractivity contribution in [3.8, 4) is 0 Å². The third-order valence-corrected chi connectivity index (χ3v) is 9.01. The molecule has 7 rings (SSSR count). The first-order chi connectivity index (χ1) is 22.5. The third-order valence-electron chi connectivity index (χ3n) is 9.01. The van der Waals surface area contributed by atoms with Crippen LogP contribution in [0.2, 0.25) is 0 Å². The van der Waals surface area contributed by atoms with E-state index in [0.717, 1.165) is 32.3 Å². The van der Waals surface area contributed by atoms with Crippen LogP contribution < -0.4 is 37.8 Å². The van der Waals surface area contributed by atoms with Crippen LogP contribution in [0, 0.1) is 6.92 Å². The molecule has 2 amide bonds. The lowest BCUT2D eigenvalue weighted by Crippen LogP contribution is -2.44. The van der Waals surface area contributed by atoms with Crippen molar-refractivity contribution in [3.05, 3.63) is 118 Å². The Labute approximate surface area is 264 Å². The number of nitrogens with zero attached hydrogens (tertiary/aromatic N) is 4. The number of amides is 2. The first kappa shape index (κ1) is 29.6. The molecule has 2 aliphatic rings. The maximum atomic E-state index is 13.6. The molecule has 0 radical (unpaired) electrons. The number of carboxylic acids is 1. The van der Waals surface area contributed by atoms with E-state index >= 15 is 0 Å². The second-order valence-corrected chi connectivity index (χ2v) is 11.7. The SMILES string of the molecule is Cc1c(C(=O)O)ccc2c1CC[C@@H]2NC(=O)c1cc(C(=O)NCc2ccc3c(c2)CN(c2c(N)c(=O)c2=O)CC3)nc2nc(=O)[nH]n12. The minimum atomic E-state index is -1.02. The summed E-state index contributed by atoms with van der Waals surface area (Å²) in [5.41, 5.74) is 9.15. The van der Waals surface area contributed by atoms with E-state index in [1.165, 1.54) is 12.1 Å². The highest BCUT2D eigenvalue weighted by atomic mass is 16.4. The molecule has 0 unspecified atom stereocenters. The number of benzene rings is 2. The Morgan fingerprint density at radius 2 is 1.83 bits per heavy atom. The summed E-state index contributed by atoms with van der Waals surface area (Å²) in [5.74, 6) is -2.36. The number of aromatic amines is 1. The topological polar surface area (TPSA) is 222 Å². The standard InChI is InChI=1S/C32H28N8O7/c1-14-18-6-7-21(20(18)5-4-19(14)30(45)46)35-29(44)23-11-22(36-31-37-32(47)38-40(23)31)28(43)34-12-15-2-3-16-8-9-39(13-17(16)10-15)25-24(33)26(41)27(25)42/h2-5,10-11,21H,6-9,12-13,33H2,1H3,(H,34,43)(H,35,44)(H,38,47)(H,45,46)/t21-/m0/s1. The fourth-order valence-electron chi connectivity index (χ4n) is 6.56. The number of rotatable bonds is 7. The highest BCUT2D eigenvalue weighted by Crippen LogP contribution is 2.35. The van der Waals surface area contributed by atoms with Gasteiger partial charge in [0.1, 0.15) is 22.8 Å². The number of nitrogens with two attached hydrogens (primary N) is 1. The van der Waals surface area contributed by atoms with Crippen molar-refractivity contribution in [2.75, 3.05) is 17.2 Å². The molecular formula is C32H28N8O7. The van der Waals surface area contributed by atoms with Crippen LogP contribution in [0.1, 0.15) is 77.2 Å². The second-order valence-electron chi connectivity index (χ2n) is 11.7. The Morgan fingerprint density at radius 1 is 1.02 bits per heavy atom. The number of hydrogen-bond donors (Lipinski definition) is 5. The van der Waals surface area contributed by atoms with E-state index in [4.69, 9.17) is 5.73 Å². The molecular weight excluding hydrogens is 608 g/mol. The van der Waals surface area contributed by atoms with Crippen molar-refractivity contribution in [2.45, 2.75) is 45.3 Å². The summed E-state index contributed by atoms with van der Waals surface area (Å²) in [6.07, 6.45) is 1.79. The molecule has 0 saturated heterocycles. The third kappa shape index (κ3) is 5.01. The van der Waals surface area contributed by atoms with Crippen molar-refractivity contribution in [1.82, 2.24) is 30.2 Å². The summed E-state index contributed by atoms with van der Waals surface area (Å²) >= 11 is 0. The highest BCUT2D eigenvalue weighted by Gasteiger charge is 2.30. The van der Waals surface area contributed by atoms with Crippen LogP contribution in [-0.2, 0) is 25.9 Å². The van der Waals surface area contributed by atoms with Gasteiger partial charge in [0.2, 0.25) is 0 Å². The van der Waals surface area contributed by atoms with Gasteiger partial charge >= 0.3 is 11.7 Å². The van der Waals surface area contributed by atoms with Gasteiger partial charge in [-0.1, -0.05) is 24.3 Å². The maximum Gasteiger partial charge on any atom is 0.363 e. The van der Waals surface area contributed by atoms with Crippen LogP contribution >= 0.6 is 0 Å². The normalized spacial score (nSPS) is 15.4. The first-order valence-corrected chi connectivity index (χ1v) is 14.9. The van der Waals surface area contributed by atoms with E-state index < -0.39 is 40.4 Å². The van der Waals surface area contributed by atoms with Crippen molar-refractivity contribution in [2.24, 2.45) is 0 Å². The summed E-state index contributed by atoms with van der Waals surface area (Å²) in [7, 11) is 0. The van der Waals surface area contributed by atoms with Crippen LogP contribution in [0.5, 0.6) is 0 Å². The summed E-state index contributed by atoms with van der Waals surface area (Å²) in [4.78, 5) is 83.9. The number of nitrogens with one attached hydrogen (secondary N) is 3. The van der Waals surface area contributed by atoms with Crippen molar-refractivity contribution >= 4 is 34.9 Å². The number of carbonyl (C=O) groups is 3. The maximum absolute atomic E-state index is 13.6. The molecule has 3 heterocycles. The lowest BCUT2D eigenvalue weighted by atomic mass is 9.96. The predicted octanol–water partition coefficient (Wildman–Crippen LogP) is 0.512. The van der Waals surface area contributed by atoms with Gasteiger partial charge in [0.15, 0.2) is 0 Å². The molecule has 15 heteroatoms. The van der Waals surface area contributed by atoms with E-state index in [1.807, 2.05) is 18.2 Å². The number of carbonyl (C=O) groups excluding carboxylic acids is 2. The zero-order valence-corrected chi connectivity index (χ0v) is 25.0. The molecule has 5 aromatic rings. The summed E-state index contributed by atoms with van der Waals surface area (Å²) < 4.78 is 1.11. The molecule has 0 saturated carbocycles. The number of nitrogen functional groups attached to an aromatic ring is 1. The number of anilines is 2. The zero-order valence-electron chi connectivity index (χ0n) is 25.0. The highest BCUT2D eigenvalue weighted by molar-refractivity contribution is 5.98. The number of aromatic carboxylic acids is 1. The Hall–Kier alpha value is -6.12. The van der Waals surface area contributed by atoms with Crippen LogP contribution in [0.4, 0.5) is 11.4 Å². The van der Waals surface area contributed by atoms with Crippen molar-refractivity contribution < 1.29 is 19.5 Å². The van der Waals surface area contributed by atoms with E-state index in [9.17, 15) is 33.9 Å².